The number of amides is 1. The summed E-state index contributed by atoms with van der Waals surface area (Å²) in [6.45, 7) is -0.260. The predicted octanol–water partition coefficient (Wildman–Crippen LogP) is 6.43. The fourth-order valence-corrected chi connectivity index (χ4v) is 5.22. The van der Waals surface area contributed by atoms with Crippen LogP contribution in [0.2, 0.25) is 10.0 Å². The number of aromatic nitrogens is 2. The number of imidazole rings is 1. The molecule has 2 aromatic carbocycles. The second-order valence-electron chi connectivity index (χ2n) is 8.40. The van der Waals surface area contributed by atoms with Gasteiger partial charge in [-0.3, -0.25) is 9.36 Å². The molecule has 1 saturated carbocycles. The van der Waals surface area contributed by atoms with Crippen LogP contribution in [0, 0.1) is 0 Å². The van der Waals surface area contributed by atoms with Crippen LogP contribution in [0.4, 0.5) is 0 Å². The Labute approximate surface area is 212 Å². The molecule has 0 aliphatic heterocycles. The van der Waals surface area contributed by atoms with Crippen molar-refractivity contribution in [1.29, 1.82) is 0 Å². The van der Waals surface area contributed by atoms with Crippen LogP contribution in [0.5, 0.6) is 0 Å². The highest BCUT2D eigenvalue weighted by atomic mass is 79.9. The van der Waals surface area contributed by atoms with Crippen LogP contribution >= 0.6 is 39.1 Å². The standard InChI is InChI=1S/C25H26BrCl2N3O2/c1-30(18-5-3-2-4-6-18)24(33)14-22-23(15-32)31(19-10-7-16(26)8-11-19)25(29-22)20-12-9-17(27)13-21(20)28/h7-13,18,32H,2-6,14-15H2,1H3. The van der Waals surface area contributed by atoms with E-state index in [2.05, 4.69) is 15.9 Å². The molecule has 1 N–H and O–H groups in total. The van der Waals surface area contributed by atoms with Gasteiger partial charge >= 0.3 is 0 Å². The van der Waals surface area contributed by atoms with Crippen LogP contribution in [0.1, 0.15) is 43.5 Å². The topological polar surface area (TPSA) is 58.4 Å². The molecule has 0 bridgehead atoms. The molecular formula is C25H26BrCl2N3O2. The van der Waals surface area contributed by atoms with Crippen molar-refractivity contribution in [3.63, 3.8) is 0 Å². The summed E-state index contributed by atoms with van der Waals surface area (Å²) in [6.07, 6.45) is 5.73. The Balaban J connectivity index is 1.77. The van der Waals surface area contributed by atoms with E-state index in [1.165, 1.54) is 6.42 Å². The van der Waals surface area contributed by atoms with Gasteiger partial charge in [0.2, 0.25) is 5.91 Å². The molecule has 1 fully saturated rings. The molecule has 8 heteroatoms. The SMILES string of the molecule is CN(C(=O)Cc1nc(-c2ccc(Cl)cc2Cl)n(-c2ccc(Br)cc2)c1CO)C1CCCCC1. The van der Waals surface area contributed by atoms with Gasteiger partial charge < -0.3 is 10.0 Å². The summed E-state index contributed by atoms with van der Waals surface area (Å²) in [6, 6.07) is 13.2. The summed E-state index contributed by atoms with van der Waals surface area (Å²) in [4.78, 5) is 19.9. The van der Waals surface area contributed by atoms with E-state index in [0.29, 0.717) is 32.8 Å². The number of aliphatic hydroxyl groups excluding tert-OH is 1. The molecule has 3 aromatic rings. The van der Waals surface area contributed by atoms with Crippen molar-refractivity contribution in [3.8, 4) is 17.1 Å². The average molecular weight is 551 g/mol. The summed E-state index contributed by atoms with van der Waals surface area (Å²) in [5.41, 5.74) is 2.62. The Morgan fingerprint density at radius 1 is 1.15 bits per heavy atom. The molecule has 0 spiro atoms. The maximum absolute atomic E-state index is 13.2. The monoisotopic (exact) mass is 549 g/mol. The number of halogens is 3. The summed E-state index contributed by atoms with van der Waals surface area (Å²) >= 11 is 16.1. The van der Waals surface area contributed by atoms with E-state index in [0.717, 1.165) is 35.8 Å². The van der Waals surface area contributed by atoms with Gasteiger partial charge in [0, 0.05) is 33.8 Å². The molecule has 0 atom stereocenters. The van der Waals surface area contributed by atoms with E-state index in [1.807, 2.05) is 46.8 Å². The lowest BCUT2D eigenvalue weighted by Gasteiger charge is -2.31. The lowest BCUT2D eigenvalue weighted by Crippen LogP contribution is -2.39. The first-order chi connectivity index (χ1) is 15.9. The Hall–Kier alpha value is -1.86. The van der Waals surface area contributed by atoms with E-state index < -0.39 is 0 Å². The molecule has 1 aromatic heterocycles. The molecule has 0 unspecified atom stereocenters. The van der Waals surface area contributed by atoms with Crippen LogP contribution in [0.25, 0.3) is 17.1 Å². The Bertz CT molecular complexity index is 1140. The third kappa shape index (κ3) is 5.29. The van der Waals surface area contributed by atoms with Crippen molar-refractivity contribution in [2.24, 2.45) is 0 Å². The number of rotatable bonds is 6. The predicted molar refractivity (Wildman–Crippen MR) is 136 cm³/mol. The third-order valence-corrected chi connectivity index (χ3v) is 7.37. The highest BCUT2D eigenvalue weighted by Crippen LogP contribution is 2.34. The minimum atomic E-state index is -0.260. The molecule has 33 heavy (non-hydrogen) atoms. The molecule has 174 valence electrons. The first-order valence-corrected chi connectivity index (χ1v) is 12.6. The van der Waals surface area contributed by atoms with Gasteiger partial charge in [0.15, 0.2) is 0 Å². The summed E-state index contributed by atoms with van der Waals surface area (Å²) in [5.74, 6) is 0.567. The van der Waals surface area contributed by atoms with E-state index in [9.17, 15) is 9.90 Å². The van der Waals surface area contributed by atoms with Crippen molar-refractivity contribution < 1.29 is 9.90 Å². The molecule has 5 nitrogen and oxygen atoms in total. The number of aliphatic hydroxyl groups is 1. The maximum Gasteiger partial charge on any atom is 0.228 e. The van der Waals surface area contributed by atoms with Crippen molar-refractivity contribution in [2.45, 2.75) is 51.2 Å². The van der Waals surface area contributed by atoms with Crippen LogP contribution in [0.3, 0.4) is 0 Å². The molecule has 0 saturated heterocycles. The van der Waals surface area contributed by atoms with Gasteiger partial charge in [-0.1, -0.05) is 58.4 Å². The fraction of sp³-hybridized carbons (Fsp3) is 0.360. The van der Waals surface area contributed by atoms with Gasteiger partial charge in [-0.2, -0.15) is 0 Å². The van der Waals surface area contributed by atoms with Crippen molar-refractivity contribution in [2.75, 3.05) is 7.05 Å². The molecule has 1 amide bonds. The normalized spacial score (nSPS) is 14.5. The smallest absolute Gasteiger partial charge is 0.228 e. The van der Waals surface area contributed by atoms with E-state index in [4.69, 9.17) is 28.2 Å². The van der Waals surface area contributed by atoms with Gasteiger partial charge in [0.1, 0.15) is 5.82 Å². The second kappa shape index (κ2) is 10.6. The van der Waals surface area contributed by atoms with Gasteiger partial charge in [0.25, 0.3) is 0 Å². The van der Waals surface area contributed by atoms with Crippen LogP contribution in [-0.4, -0.2) is 38.6 Å². The minimum absolute atomic E-state index is 0.00538. The van der Waals surface area contributed by atoms with Gasteiger partial charge in [0.05, 0.1) is 29.4 Å². The maximum atomic E-state index is 13.2. The van der Waals surface area contributed by atoms with Gasteiger partial charge in [-0.05, 0) is 55.3 Å². The number of carbonyl (C=O) groups excluding carboxylic acids is 1. The van der Waals surface area contributed by atoms with E-state index >= 15 is 0 Å². The van der Waals surface area contributed by atoms with E-state index in [-0.39, 0.29) is 25.0 Å². The molecule has 4 rings (SSSR count). The van der Waals surface area contributed by atoms with Crippen molar-refractivity contribution in [3.05, 3.63) is 68.4 Å². The number of likely N-dealkylation sites (N-methyl/N-ethyl adjacent to an activating group) is 1. The third-order valence-electron chi connectivity index (χ3n) is 6.30. The van der Waals surface area contributed by atoms with Crippen molar-refractivity contribution >= 4 is 45.0 Å². The van der Waals surface area contributed by atoms with E-state index in [1.54, 1.807) is 12.1 Å². The average Bonchev–Trinajstić information content (AvgIpc) is 3.17. The zero-order valence-corrected chi connectivity index (χ0v) is 21.5. The lowest BCUT2D eigenvalue weighted by atomic mass is 9.94. The number of benzene rings is 2. The molecule has 0 radical (unpaired) electrons. The summed E-state index contributed by atoms with van der Waals surface area (Å²) in [7, 11) is 1.87. The highest BCUT2D eigenvalue weighted by molar-refractivity contribution is 9.10. The lowest BCUT2D eigenvalue weighted by molar-refractivity contribution is -0.131. The quantitative estimate of drug-likeness (QED) is 0.384. The Morgan fingerprint density at radius 3 is 2.48 bits per heavy atom. The Morgan fingerprint density at radius 2 is 1.85 bits per heavy atom. The van der Waals surface area contributed by atoms with Crippen molar-refractivity contribution in [1.82, 2.24) is 14.5 Å². The second-order valence-corrected chi connectivity index (χ2v) is 10.2. The molecular weight excluding hydrogens is 525 g/mol. The summed E-state index contributed by atoms with van der Waals surface area (Å²) in [5, 5.41) is 11.3. The highest BCUT2D eigenvalue weighted by Gasteiger charge is 2.26. The number of hydrogen-bond acceptors (Lipinski definition) is 3. The van der Waals surface area contributed by atoms with Crippen LogP contribution in [0.15, 0.2) is 46.9 Å². The minimum Gasteiger partial charge on any atom is -0.390 e. The molecule has 1 aliphatic rings. The first-order valence-electron chi connectivity index (χ1n) is 11.1. The summed E-state index contributed by atoms with van der Waals surface area (Å²) < 4.78 is 2.80. The van der Waals surface area contributed by atoms with Crippen LogP contribution in [-0.2, 0) is 17.8 Å². The number of carbonyl (C=O) groups is 1. The largest absolute Gasteiger partial charge is 0.390 e. The number of hydrogen-bond donors (Lipinski definition) is 1. The fourth-order valence-electron chi connectivity index (χ4n) is 4.46. The Kier molecular flexibility index (Phi) is 7.80. The van der Waals surface area contributed by atoms with Gasteiger partial charge in [-0.15, -0.1) is 0 Å². The number of nitrogens with zero attached hydrogens (tertiary/aromatic N) is 3. The van der Waals surface area contributed by atoms with Crippen LogP contribution < -0.4 is 0 Å². The zero-order chi connectivity index (χ0) is 23.5. The first kappa shape index (κ1) is 24.3. The molecule has 1 heterocycles. The zero-order valence-electron chi connectivity index (χ0n) is 18.4. The van der Waals surface area contributed by atoms with Gasteiger partial charge in [-0.25, -0.2) is 4.98 Å². The molecule has 1 aliphatic carbocycles.